The van der Waals surface area contributed by atoms with Gasteiger partial charge in [-0.15, -0.1) is 0 Å². The van der Waals surface area contributed by atoms with E-state index in [-0.39, 0.29) is 12.0 Å². The molecule has 1 fully saturated rings. The van der Waals surface area contributed by atoms with E-state index in [0.717, 1.165) is 44.6 Å². The second-order valence-electron chi connectivity index (χ2n) is 6.61. The molecule has 1 aliphatic rings. The maximum absolute atomic E-state index is 12.3. The SMILES string of the molecule is CCn1nc(C(C)C)cc1C(=O)NCCCN1CCC(O)CC1. The van der Waals surface area contributed by atoms with Crippen molar-refractivity contribution in [3.8, 4) is 0 Å². The van der Waals surface area contributed by atoms with Gasteiger partial charge in [-0.3, -0.25) is 9.48 Å². The van der Waals surface area contributed by atoms with Gasteiger partial charge in [0.2, 0.25) is 0 Å². The Morgan fingerprint density at radius 2 is 2.13 bits per heavy atom. The summed E-state index contributed by atoms with van der Waals surface area (Å²) < 4.78 is 1.77. The molecule has 1 aromatic rings. The number of hydrogen-bond donors (Lipinski definition) is 2. The number of nitrogens with one attached hydrogen (secondary N) is 1. The van der Waals surface area contributed by atoms with Crippen molar-refractivity contribution in [2.45, 2.75) is 58.6 Å². The maximum atomic E-state index is 12.3. The van der Waals surface area contributed by atoms with Gasteiger partial charge in [0.1, 0.15) is 5.69 Å². The predicted octanol–water partition coefficient (Wildman–Crippen LogP) is 1.60. The largest absolute Gasteiger partial charge is 0.393 e. The van der Waals surface area contributed by atoms with E-state index in [1.54, 1.807) is 4.68 Å². The van der Waals surface area contributed by atoms with Gasteiger partial charge < -0.3 is 15.3 Å². The Balaban J connectivity index is 1.76. The summed E-state index contributed by atoms with van der Waals surface area (Å²) in [7, 11) is 0. The van der Waals surface area contributed by atoms with E-state index in [9.17, 15) is 9.90 Å². The van der Waals surface area contributed by atoms with E-state index in [1.807, 2.05) is 13.0 Å². The molecule has 0 atom stereocenters. The van der Waals surface area contributed by atoms with E-state index in [2.05, 4.69) is 29.2 Å². The van der Waals surface area contributed by atoms with Crippen molar-refractivity contribution >= 4 is 5.91 Å². The number of aliphatic hydroxyl groups excluding tert-OH is 1. The fourth-order valence-corrected chi connectivity index (χ4v) is 2.88. The first-order valence-corrected chi connectivity index (χ1v) is 8.77. The average Bonchev–Trinajstić information content (AvgIpc) is 2.97. The molecule has 0 bridgehead atoms. The Labute approximate surface area is 138 Å². The molecule has 1 amide bonds. The standard InChI is InChI=1S/C17H30N4O2/c1-4-21-16(12-15(19-21)13(2)3)17(23)18-8-5-9-20-10-6-14(22)7-11-20/h12-14,22H,4-11H2,1-3H3,(H,18,23). The van der Waals surface area contributed by atoms with Gasteiger partial charge in [-0.25, -0.2) is 0 Å². The summed E-state index contributed by atoms with van der Waals surface area (Å²) >= 11 is 0. The molecule has 0 aromatic carbocycles. The van der Waals surface area contributed by atoms with Gasteiger partial charge in [-0.05, 0) is 44.7 Å². The summed E-state index contributed by atoms with van der Waals surface area (Å²) in [5, 5.41) is 17.0. The minimum Gasteiger partial charge on any atom is -0.393 e. The number of piperidine rings is 1. The zero-order valence-corrected chi connectivity index (χ0v) is 14.6. The number of carbonyl (C=O) groups excluding carboxylic acids is 1. The predicted molar refractivity (Wildman–Crippen MR) is 90.6 cm³/mol. The first-order chi connectivity index (χ1) is 11.0. The summed E-state index contributed by atoms with van der Waals surface area (Å²) in [5.41, 5.74) is 1.61. The van der Waals surface area contributed by atoms with Crippen molar-refractivity contribution in [1.29, 1.82) is 0 Å². The third-order valence-corrected chi connectivity index (χ3v) is 4.42. The molecule has 2 N–H and O–H groups in total. The summed E-state index contributed by atoms with van der Waals surface area (Å²) in [6, 6.07) is 1.90. The molecule has 23 heavy (non-hydrogen) atoms. The van der Waals surface area contributed by atoms with E-state index < -0.39 is 0 Å². The first-order valence-electron chi connectivity index (χ1n) is 8.77. The monoisotopic (exact) mass is 322 g/mol. The maximum Gasteiger partial charge on any atom is 0.269 e. The Morgan fingerprint density at radius 1 is 1.43 bits per heavy atom. The van der Waals surface area contributed by atoms with Crippen LogP contribution >= 0.6 is 0 Å². The lowest BCUT2D eigenvalue weighted by molar-refractivity contribution is 0.0816. The normalized spacial score (nSPS) is 16.9. The van der Waals surface area contributed by atoms with Crippen LogP contribution in [0.15, 0.2) is 6.07 Å². The summed E-state index contributed by atoms with van der Waals surface area (Å²) in [5.74, 6) is 0.282. The van der Waals surface area contributed by atoms with Gasteiger partial charge in [-0.2, -0.15) is 5.10 Å². The van der Waals surface area contributed by atoms with Crippen LogP contribution in [0.2, 0.25) is 0 Å². The summed E-state index contributed by atoms with van der Waals surface area (Å²) in [6.45, 7) is 10.4. The lowest BCUT2D eigenvalue weighted by Crippen LogP contribution is -2.37. The minimum absolute atomic E-state index is 0.0414. The number of nitrogens with zero attached hydrogens (tertiary/aromatic N) is 3. The third-order valence-electron chi connectivity index (χ3n) is 4.42. The molecule has 6 nitrogen and oxygen atoms in total. The van der Waals surface area contributed by atoms with Crippen molar-refractivity contribution in [2.75, 3.05) is 26.2 Å². The summed E-state index contributed by atoms with van der Waals surface area (Å²) in [6.07, 6.45) is 2.52. The molecule has 1 saturated heterocycles. The van der Waals surface area contributed by atoms with Crippen molar-refractivity contribution < 1.29 is 9.90 Å². The van der Waals surface area contributed by atoms with E-state index in [4.69, 9.17) is 0 Å². The Kier molecular flexibility index (Phi) is 6.59. The van der Waals surface area contributed by atoms with Crippen LogP contribution in [-0.2, 0) is 6.54 Å². The van der Waals surface area contributed by atoms with Gasteiger partial charge in [0.25, 0.3) is 5.91 Å². The van der Waals surface area contributed by atoms with Crippen molar-refractivity contribution in [2.24, 2.45) is 0 Å². The fourth-order valence-electron chi connectivity index (χ4n) is 2.88. The molecule has 2 heterocycles. The first kappa shape index (κ1) is 17.9. The van der Waals surface area contributed by atoms with E-state index in [1.165, 1.54) is 0 Å². The second kappa shape index (κ2) is 8.45. The molecule has 1 aromatic heterocycles. The third kappa shape index (κ3) is 5.04. The van der Waals surface area contributed by atoms with Crippen LogP contribution in [0.5, 0.6) is 0 Å². The molecular formula is C17H30N4O2. The number of carbonyl (C=O) groups is 1. The number of aliphatic hydroxyl groups is 1. The number of aromatic nitrogens is 2. The van der Waals surface area contributed by atoms with Crippen LogP contribution in [0.3, 0.4) is 0 Å². The van der Waals surface area contributed by atoms with Crippen molar-refractivity contribution in [3.63, 3.8) is 0 Å². The van der Waals surface area contributed by atoms with E-state index >= 15 is 0 Å². The molecule has 2 rings (SSSR count). The van der Waals surface area contributed by atoms with Crippen LogP contribution in [0.4, 0.5) is 0 Å². The molecule has 0 unspecified atom stereocenters. The highest BCUT2D eigenvalue weighted by Gasteiger charge is 2.17. The highest BCUT2D eigenvalue weighted by molar-refractivity contribution is 5.92. The van der Waals surface area contributed by atoms with Crippen molar-refractivity contribution in [3.05, 3.63) is 17.5 Å². The van der Waals surface area contributed by atoms with Gasteiger partial charge >= 0.3 is 0 Å². The molecular weight excluding hydrogens is 292 g/mol. The number of hydrogen-bond acceptors (Lipinski definition) is 4. The van der Waals surface area contributed by atoms with Gasteiger partial charge in [0.15, 0.2) is 0 Å². The van der Waals surface area contributed by atoms with Gasteiger partial charge in [-0.1, -0.05) is 13.8 Å². The van der Waals surface area contributed by atoms with Crippen LogP contribution < -0.4 is 5.32 Å². The number of rotatable bonds is 7. The lowest BCUT2D eigenvalue weighted by Gasteiger charge is -2.29. The molecule has 0 radical (unpaired) electrons. The Morgan fingerprint density at radius 3 is 2.74 bits per heavy atom. The Bertz CT molecular complexity index is 505. The van der Waals surface area contributed by atoms with Gasteiger partial charge in [0, 0.05) is 26.2 Å². The van der Waals surface area contributed by atoms with Crippen LogP contribution in [0.25, 0.3) is 0 Å². The molecule has 0 spiro atoms. The molecule has 0 saturated carbocycles. The van der Waals surface area contributed by atoms with Crippen LogP contribution in [-0.4, -0.2) is 58.0 Å². The van der Waals surface area contributed by atoms with Crippen molar-refractivity contribution in [1.82, 2.24) is 20.0 Å². The minimum atomic E-state index is -0.129. The zero-order valence-electron chi connectivity index (χ0n) is 14.6. The van der Waals surface area contributed by atoms with E-state index in [0.29, 0.717) is 24.7 Å². The summed E-state index contributed by atoms with van der Waals surface area (Å²) in [4.78, 5) is 14.7. The molecule has 6 heteroatoms. The zero-order chi connectivity index (χ0) is 16.8. The van der Waals surface area contributed by atoms with Crippen LogP contribution in [0, 0.1) is 0 Å². The average molecular weight is 322 g/mol. The van der Waals surface area contributed by atoms with Crippen LogP contribution in [0.1, 0.15) is 62.1 Å². The number of amides is 1. The second-order valence-corrected chi connectivity index (χ2v) is 6.61. The highest BCUT2D eigenvalue weighted by Crippen LogP contribution is 2.14. The Hall–Kier alpha value is -1.40. The highest BCUT2D eigenvalue weighted by atomic mass is 16.3. The quantitative estimate of drug-likeness (QED) is 0.748. The van der Waals surface area contributed by atoms with Gasteiger partial charge in [0.05, 0.1) is 11.8 Å². The fraction of sp³-hybridized carbons (Fsp3) is 0.765. The lowest BCUT2D eigenvalue weighted by atomic mass is 10.1. The molecule has 1 aliphatic heterocycles. The topological polar surface area (TPSA) is 70.4 Å². The number of likely N-dealkylation sites (tertiary alicyclic amines) is 1. The molecule has 0 aliphatic carbocycles. The number of aryl methyl sites for hydroxylation is 1. The smallest absolute Gasteiger partial charge is 0.269 e. The molecule has 130 valence electrons.